The molecule has 3 nitrogen and oxygen atoms in total. The third kappa shape index (κ3) is 5.40. The molecule has 0 fully saturated rings. The molecule has 4 heteroatoms. The molecule has 122 valence electrons. The fourth-order valence-electron chi connectivity index (χ4n) is 2.34. The Kier molecular flexibility index (Phi) is 6.15. The van der Waals surface area contributed by atoms with Crippen LogP contribution in [0, 0.1) is 5.82 Å². The first-order valence-electron chi connectivity index (χ1n) is 7.96. The molecule has 2 rings (SSSR count). The van der Waals surface area contributed by atoms with E-state index in [1.165, 1.54) is 17.7 Å². The molecule has 0 aliphatic heterocycles. The molecular formula is C19H23FN2O. The Morgan fingerprint density at radius 1 is 1.04 bits per heavy atom. The molecule has 1 unspecified atom stereocenters. The molecule has 0 aliphatic carbocycles. The zero-order valence-corrected chi connectivity index (χ0v) is 13.6. The van der Waals surface area contributed by atoms with Gasteiger partial charge in [-0.05, 0) is 48.6 Å². The van der Waals surface area contributed by atoms with E-state index in [4.69, 9.17) is 0 Å². The molecule has 1 atom stereocenters. The number of carbonyl (C=O) groups is 1. The highest BCUT2D eigenvalue weighted by Gasteiger charge is 2.08. The van der Waals surface area contributed by atoms with Crippen molar-refractivity contribution in [2.75, 3.05) is 6.54 Å². The molecule has 0 saturated heterocycles. The van der Waals surface area contributed by atoms with E-state index in [0.29, 0.717) is 13.0 Å². The van der Waals surface area contributed by atoms with E-state index < -0.39 is 0 Å². The van der Waals surface area contributed by atoms with Crippen LogP contribution in [-0.2, 0) is 12.8 Å². The smallest absolute Gasteiger partial charge is 0.315 e. The quantitative estimate of drug-likeness (QED) is 0.831. The summed E-state index contributed by atoms with van der Waals surface area (Å²) in [4.78, 5) is 11.9. The maximum absolute atomic E-state index is 12.8. The Morgan fingerprint density at radius 2 is 1.65 bits per heavy atom. The number of benzene rings is 2. The highest BCUT2D eigenvalue weighted by Crippen LogP contribution is 2.13. The summed E-state index contributed by atoms with van der Waals surface area (Å²) in [6, 6.07) is 14.3. The van der Waals surface area contributed by atoms with Crippen molar-refractivity contribution in [3.8, 4) is 0 Å². The van der Waals surface area contributed by atoms with E-state index in [9.17, 15) is 9.18 Å². The van der Waals surface area contributed by atoms with E-state index in [1.807, 2.05) is 19.1 Å². The number of rotatable bonds is 6. The summed E-state index contributed by atoms with van der Waals surface area (Å²) in [6.07, 6.45) is 1.68. The van der Waals surface area contributed by atoms with Crippen LogP contribution in [0.3, 0.4) is 0 Å². The van der Waals surface area contributed by atoms with Gasteiger partial charge in [-0.15, -0.1) is 0 Å². The summed E-state index contributed by atoms with van der Waals surface area (Å²) in [7, 11) is 0. The van der Waals surface area contributed by atoms with Crippen LogP contribution in [0.4, 0.5) is 9.18 Å². The van der Waals surface area contributed by atoms with Crippen LogP contribution in [0.5, 0.6) is 0 Å². The van der Waals surface area contributed by atoms with Crippen LogP contribution in [-0.4, -0.2) is 12.6 Å². The topological polar surface area (TPSA) is 41.1 Å². The van der Waals surface area contributed by atoms with Crippen LogP contribution in [0.1, 0.15) is 36.6 Å². The molecule has 0 aliphatic rings. The van der Waals surface area contributed by atoms with Crippen molar-refractivity contribution in [1.29, 1.82) is 0 Å². The first-order chi connectivity index (χ1) is 11.1. The van der Waals surface area contributed by atoms with E-state index in [-0.39, 0.29) is 17.9 Å². The van der Waals surface area contributed by atoms with Crippen LogP contribution in [0.15, 0.2) is 48.5 Å². The predicted molar refractivity (Wildman–Crippen MR) is 90.9 cm³/mol. The lowest BCUT2D eigenvalue weighted by molar-refractivity contribution is 0.238. The molecule has 0 bridgehead atoms. The summed E-state index contributed by atoms with van der Waals surface area (Å²) in [5.74, 6) is -0.248. The third-order valence-corrected chi connectivity index (χ3v) is 3.85. The average Bonchev–Trinajstić information content (AvgIpc) is 2.56. The lowest BCUT2D eigenvalue weighted by Gasteiger charge is -2.15. The van der Waals surface area contributed by atoms with Crippen molar-refractivity contribution < 1.29 is 9.18 Å². The number of hydrogen-bond acceptors (Lipinski definition) is 1. The van der Waals surface area contributed by atoms with Gasteiger partial charge in [-0.3, -0.25) is 0 Å². The van der Waals surface area contributed by atoms with Gasteiger partial charge in [-0.2, -0.15) is 0 Å². The minimum atomic E-state index is -0.248. The standard InChI is InChI=1S/C19H23FN2O/c1-3-15-4-8-17(9-5-15)14(2)22-19(23)21-13-12-16-6-10-18(20)11-7-16/h4-11,14H,3,12-13H2,1-2H3,(H2,21,22,23). The van der Waals surface area contributed by atoms with Gasteiger partial charge in [-0.25, -0.2) is 9.18 Å². The predicted octanol–water partition coefficient (Wildman–Crippen LogP) is 3.99. The van der Waals surface area contributed by atoms with Crippen LogP contribution in [0.25, 0.3) is 0 Å². The number of hydrogen-bond donors (Lipinski definition) is 2. The normalized spacial score (nSPS) is 11.8. The van der Waals surface area contributed by atoms with Crippen molar-refractivity contribution in [3.05, 3.63) is 71.0 Å². The Hall–Kier alpha value is -2.36. The van der Waals surface area contributed by atoms with E-state index in [0.717, 1.165) is 17.5 Å². The van der Waals surface area contributed by atoms with Gasteiger partial charge >= 0.3 is 6.03 Å². The number of urea groups is 1. The first kappa shape index (κ1) is 17.0. The molecule has 2 N–H and O–H groups in total. The first-order valence-corrected chi connectivity index (χ1v) is 7.96. The number of amides is 2. The Morgan fingerprint density at radius 3 is 2.26 bits per heavy atom. The van der Waals surface area contributed by atoms with E-state index in [1.54, 1.807) is 12.1 Å². The van der Waals surface area contributed by atoms with Crippen LogP contribution in [0.2, 0.25) is 0 Å². The van der Waals surface area contributed by atoms with Gasteiger partial charge in [0.25, 0.3) is 0 Å². The van der Waals surface area contributed by atoms with Crippen molar-refractivity contribution >= 4 is 6.03 Å². The fourth-order valence-corrected chi connectivity index (χ4v) is 2.34. The lowest BCUT2D eigenvalue weighted by Crippen LogP contribution is -2.38. The average molecular weight is 314 g/mol. The molecule has 2 amide bonds. The molecule has 0 saturated carbocycles. The molecule has 0 radical (unpaired) electrons. The lowest BCUT2D eigenvalue weighted by atomic mass is 10.1. The minimum Gasteiger partial charge on any atom is -0.338 e. The summed E-state index contributed by atoms with van der Waals surface area (Å²) in [5.41, 5.74) is 3.36. The van der Waals surface area contributed by atoms with Crippen LogP contribution >= 0.6 is 0 Å². The number of aryl methyl sites for hydroxylation is 1. The van der Waals surface area contributed by atoms with Gasteiger partial charge in [0.15, 0.2) is 0 Å². The Labute approximate surface area is 136 Å². The Balaban J connectivity index is 1.76. The monoisotopic (exact) mass is 314 g/mol. The van der Waals surface area contributed by atoms with Crippen molar-refractivity contribution in [2.24, 2.45) is 0 Å². The molecule has 2 aromatic carbocycles. The second kappa shape index (κ2) is 8.32. The highest BCUT2D eigenvalue weighted by atomic mass is 19.1. The van der Waals surface area contributed by atoms with Gasteiger partial charge < -0.3 is 10.6 Å². The van der Waals surface area contributed by atoms with Crippen LogP contribution < -0.4 is 10.6 Å². The molecule has 0 heterocycles. The van der Waals surface area contributed by atoms with Gasteiger partial charge in [0, 0.05) is 6.54 Å². The molecular weight excluding hydrogens is 291 g/mol. The number of nitrogens with one attached hydrogen (secondary N) is 2. The van der Waals surface area contributed by atoms with Gasteiger partial charge in [0.05, 0.1) is 6.04 Å². The molecule has 23 heavy (non-hydrogen) atoms. The van der Waals surface area contributed by atoms with Crippen molar-refractivity contribution in [3.63, 3.8) is 0 Å². The number of carbonyl (C=O) groups excluding carboxylic acids is 1. The maximum atomic E-state index is 12.8. The maximum Gasteiger partial charge on any atom is 0.315 e. The fraction of sp³-hybridized carbons (Fsp3) is 0.316. The summed E-state index contributed by atoms with van der Waals surface area (Å²) in [5, 5.41) is 5.74. The van der Waals surface area contributed by atoms with Crippen molar-refractivity contribution in [1.82, 2.24) is 10.6 Å². The molecule has 0 spiro atoms. The largest absolute Gasteiger partial charge is 0.338 e. The highest BCUT2D eigenvalue weighted by molar-refractivity contribution is 5.74. The van der Waals surface area contributed by atoms with Gasteiger partial charge in [0.1, 0.15) is 5.82 Å². The third-order valence-electron chi connectivity index (χ3n) is 3.85. The second-order valence-corrected chi connectivity index (χ2v) is 5.59. The van der Waals surface area contributed by atoms with Crippen molar-refractivity contribution in [2.45, 2.75) is 32.7 Å². The molecule has 0 aromatic heterocycles. The van der Waals surface area contributed by atoms with Gasteiger partial charge in [-0.1, -0.05) is 43.3 Å². The summed E-state index contributed by atoms with van der Waals surface area (Å²) < 4.78 is 12.8. The summed E-state index contributed by atoms with van der Waals surface area (Å²) in [6.45, 7) is 4.59. The SMILES string of the molecule is CCc1ccc(C(C)NC(=O)NCCc2ccc(F)cc2)cc1. The second-order valence-electron chi connectivity index (χ2n) is 5.59. The Bertz CT molecular complexity index is 623. The minimum absolute atomic E-state index is 0.0493. The summed E-state index contributed by atoms with van der Waals surface area (Å²) >= 11 is 0. The van der Waals surface area contributed by atoms with E-state index in [2.05, 4.69) is 29.7 Å². The zero-order chi connectivity index (χ0) is 16.7. The molecule has 2 aromatic rings. The van der Waals surface area contributed by atoms with Gasteiger partial charge in [0.2, 0.25) is 0 Å². The van der Waals surface area contributed by atoms with E-state index >= 15 is 0 Å². The number of halogens is 1. The zero-order valence-electron chi connectivity index (χ0n) is 13.6.